The van der Waals surface area contributed by atoms with E-state index in [1.807, 2.05) is 6.07 Å². The second-order valence-corrected chi connectivity index (χ2v) is 9.63. The number of carbonyl (C=O) groups is 1. The highest BCUT2D eigenvalue weighted by molar-refractivity contribution is 5.94. The summed E-state index contributed by atoms with van der Waals surface area (Å²) < 4.78 is 12.8. The molecule has 164 valence electrons. The number of amides is 1. The number of fused-ring (bicyclic) bond motifs is 3. The Morgan fingerprint density at radius 1 is 1.19 bits per heavy atom. The number of pyridine rings is 1. The van der Waals surface area contributed by atoms with Crippen LogP contribution in [0.15, 0.2) is 36.5 Å². The monoisotopic (exact) mass is 424 g/mol. The molecule has 1 amide bonds. The van der Waals surface area contributed by atoms with Crippen LogP contribution in [0, 0.1) is 11.3 Å². The topological polar surface area (TPSA) is 92.1 Å². The van der Waals surface area contributed by atoms with Gasteiger partial charge in [-0.05, 0) is 62.8 Å². The maximum atomic E-state index is 12.8. The number of benzene rings is 1. The first-order valence-corrected chi connectivity index (χ1v) is 10.8. The molecule has 0 saturated carbocycles. The molecule has 31 heavy (non-hydrogen) atoms. The summed E-state index contributed by atoms with van der Waals surface area (Å²) in [5, 5.41) is 19.8. The van der Waals surface area contributed by atoms with Gasteiger partial charge in [0, 0.05) is 36.8 Å². The van der Waals surface area contributed by atoms with Gasteiger partial charge >= 0.3 is 0 Å². The quantitative estimate of drug-likeness (QED) is 0.726. The summed E-state index contributed by atoms with van der Waals surface area (Å²) in [6.07, 6.45) is 4.11. The normalized spacial score (nSPS) is 25.9. The van der Waals surface area contributed by atoms with Crippen LogP contribution in [0.2, 0.25) is 0 Å². The Balaban J connectivity index is 1.32. The summed E-state index contributed by atoms with van der Waals surface area (Å²) >= 11 is 0. The molecule has 7 nitrogen and oxygen atoms in total. The van der Waals surface area contributed by atoms with E-state index >= 15 is 0 Å². The molecular formula is C24H28N2O5. The Labute approximate surface area is 181 Å². The van der Waals surface area contributed by atoms with Crippen LogP contribution in [-0.2, 0) is 4.74 Å². The van der Waals surface area contributed by atoms with Crippen LogP contribution < -0.4 is 4.74 Å². The number of aromatic hydroxyl groups is 2. The van der Waals surface area contributed by atoms with E-state index in [1.54, 1.807) is 23.1 Å². The van der Waals surface area contributed by atoms with Gasteiger partial charge in [-0.1, -0.05) is 0 Å². The minimum absolute atomic E-state index is 0.000833. The molecule has 3 aliphatic heterocycles. The van der Waals surface area contributed by atoms with Crippen LogP contribution in [0.25, 0.3) is 0 Å². The van der Waals surface area contributed by atoms with Gasteiger partial charge in [0.2, 0.25) is 0 Å². The molecule has 2 atom stereocenters. The lowest BCUT2D eigenvalue weighted by Crippen LogP contribution is -2.54. The van der Waals surface area contributed by atoms with Crippen molar-refractivity contribution in [1.82, 2.24) is 9.88 Å². The Morgan fingerprint density at radius 2 is 1.97 bits per heavy atom. The molecule has 7 heteroatoms. The van der Waals surface area contributed by atoms with Crippen LogP contribution in [0.3, 0.4) is 0 Å². The molecule has 2 saturated heterocycles. The van der Waals surface area contributed by atoms with E-state index in [0.717, 1.165) is 24.8 Å². The summed E-state index contributed by atoms with van der Waals surface area (Å²) in [7, 11) is 0. The predicted molar refractivity (Wildman–Crippen MR) is 113 cm³/mol. The number of hydrogen-bond acceptors (Lipinski definition) is 6. The lowest BCUT2D eigenvalue weighted by atomic mass is 9.64. The lowest BCUT2D eigenvalue weighted by molar-refractivity contribution is -0.173. The number of ether oxygens (including phenoxy) is 2. The summed E-state index contributed by atoms with van der Waals surface area (Å²) in [5.41, 5.74) is 0.681. The fraction of sp³-hybridized carbons (Fsp3) is 0.500. The SMILES string of the molecule is CC1(C)Oc2cc(O)ccc2[C@H]2OCC3(CCN(C(=O)c4ncccc4O)CC3)C[C@@H]21. The molecule has 2 aromatic rings. The second kappa shape index (κ2) is 7.12. The summed E-state index contributed by atoms with van der Waals surface area (Å²) in [6.45, 7) is 6.04. The van der Waals surface area contributed by atoms with Crippen molar-refractivity contribution < 1.29 is 24.5 Å². The van der Waals surface area contributed by atoms with E-state index in [0.29, 0.717) is 25.4 Å². The van der Waals surface area contributed by atoms with Crippen LogP contribution in [-0.4, -0.2) is 51.3 Å². The van der Waals surface area contributed by atoms with Crippen molar-refractivity contribution in [3.8, 4) is 17.2 Å². The van der Waals surface area contributed by atoms with E-state index in [9.17, 15) is 15.0 Å². The van der Waals surface area contributed by atoms with Crippen molar-refractivity contribution >= 4 is 5.91 Å². The molecule has 1 spiro atoms. The molecule has 4 heterocycles. The van der Waals surface area contributed by atoms with Crippen molar-refractivity contribution in [3.63, 3.8) is 0 Å². The average molecular weight is 424 g/mol. The Morgan fingerprint density at radius 3 is 2.71 bits per heavy atom. The first-order valence-electron chi connectivity index (χ1n) is 10.8. The first kappa shape index (κ1) is 20.1. The van der Waals surface area contributed by atoms with Crippen LogP contribution in [0.1, 0.15) is 55.3 Å². The van der Waals surface area contributed by atoms with Gasteiger partial charge in [-0.2, -0.15) is 0 Å². The number of phenolic OH excluding ortho intramolecular Hbond substituents is 1. The molecule has 0 radical (unpaired) electrons. The largest absolute Gasteiger partial charge is 0.508 e. The number of hydrogen-bond donors (Lipinski definition) is 2. The molecule has 5 rings (SSSR count). The fourth-order valence-electron chi connectivity index (χ4n) is 5.38. The van der Waals surface area contributed by atoms with Crippen molar-refractivity contribution in [2.24, 2.45) is 11.3 Å². The number of rotatable bonds is 1. The van der Waals surface area contributed by atoms with Crippen molar-refractivity contribution in [3.05, 3.63) is 47.8 Å². The lowest BCUT2D eigenvalue weighted by Gasteiger charge is -2.54. The first-order chi connectivity index (χ1) is 14.8. The second-order valence-electron chi connectivity index (χ2n) is 9.63. The minimum atomic E-state index is -0.425. The van der Waals surface area contributed by atoms with Gasteiger partial charge < -0.3 is 24.6 Å². The summed E-state index contributed by atoms with van der Waals surface area (Å²) in [6, 6.07) is 8.35. The number of aromatic nitrogens is 1. The minimum Gasteiger partial charge on any atom is -0.508 e. The van der Waals surface area contributed by atoms with E-state index in [4.69, 9.17) is 9.47 Å². The van der Waals surface area contributed by atoms with Crippen molar-refractivity contribution in [2.75, 3.05) is 19.7 Å². The standard InChI is InChI=1S/C24H28N2O5/c1-23(2)17-13-24(14-30-21(17)16-6-5-15(27)12-19(16)31-23)7-10-26(11-8-24)22(29)20-18(28)4-3-9-25-20/h3-6,9,12,17,21,27-28H,7-8,10-11,13-14H2,1-2H3/t17-,21+/m0/s1. The number of likely N-dealkylation sites (tertiary alicyclic amines) is 1. The smallest absolute Gasteiger partial charge is 0.276 e. The van der Waals surface area contributed by atoms with Crippen LogP contribution >= 0.6 is 0 Å². The Kier molecular flexibility index (Phi) is 4.62. The van der Waals surface area contributed by atoms with Crippen LogP contribution in [0.5, 0.6) is 17.2 Å². The predicted octanol–water partition coefficient (Wildman–Crippen LogP) is 3.66. The molecule has 2 N–H and O–H groups in total. The van der Waals surface area contributed by atoms with E-state index in [2.05, 4.69) is 18.8 Å². The van der Waals surface area contributed by atoms with Crippen molar-refractivity contribution in [1.29, 1.82) is 0 Å². The van der Waals surface area contributed by atoms with E-state index < -0.39 is 5.60 Å². The molecular weight excluding hydrogens is 396 g/mol. The van der Waals surface area contributed by atoms with Gasteiger partial charge in [0.05, 0.1) is 12.7 Å². The zero-order valence-electron chi connectivity index (χ0n) is 17.9. The third-order valence-corrected chi connectivity index (χ3v) is 7.26. The number of piperidine rings is 1. The van der Waals surface area contributed by atoms with Gasteiger partial charge in [0.25, 0.3) is 5.91 Å². The zero-order chi connectivity index (χ0) is 21.8. The maximum Gasteiger partial charge on any atom is 0.276 e. The maximum absolute atomic E-state index is 12.8. The van der Waals surface area contributed by atoms with Gasteiger partial charge in [-0.15, -0.1) is 0 Å². The Hall–Kier alpha value is -2.80. The number of nitrogens with zero attached hydrogens (tertiary/aromatic N) is 2. The summed E-state index contributed by atoms with van der Waals surface area (Å²) in [4.78, 5) is 18.7. The molecule has 0 bridgehead atoms. The third-order valence-electron chi connectivity index (χ3n) is 7.26. The van der Waals surface area contributed by atoms with Gasteiger partial charge in [-0.25, -0.2) is 4.98 Å². The zero-order valence-corrected chi connectivity index (χ0v) is 17.9. The fourth-order valence-corrected chi connectivity index (χ4v) is 5.38. The van der Waals surface area contributed by atoms with E-state index in [1.165, 1.54) is 12.3 Å². The molecule has 3 aliphatic rings. The highest BCUT2D eigenvalue weighted by Gasteiger charge is 2.53. The van der Waals surface area contributed by atoms with Crippen LogP contribution in [0.4, 0.5) is 0 Å². The van der Waals surface area contributed by atoms with Gasteiger partial charge in [-0.3, -0.25) is 4.79 Å². The highest BCUT2D eigenvalue weighted by Crippen LogP contribution is 2.55. The third kappa shape index (κ3) is 3.41. The van der Waals surface area contributed by atoms with Gasteiger partial charge in [0.1, 0.15) is 22.8 Å². The van der Waals surface area contributed by atoms with Crippen molar-refractivity contribution in [2.45, 2.75) is 44.8 Å². The Bertz CT molecular complexity index is 1010. The summed E-state index contributed by atoms with van der Waals surface area (Å²) in [5.74, 6) is 0.759. The molecule has 0 unspecified atom stereocenters. The molecule has 1 aromatic heterocycles. The molecule has 1 aromatic carbocycles. The number of carbonyl (C=O) groups excluding carboxylic acids is 1. The average Bonchev–Trinajstić information content (AvgIpc) is 2.74. The number of phenols is 1. The molecule has 2 fully saturated rings. The highest BCUT2D eigenvalue weighted by atomic mass is 16.5. The van der Waals surface area contributed by atoms with E-state index in [-0.39, 0.29) is 40.5 Å². The molecule has 0 aliphatic carbocycles. The van der Waals surface area contributed by atoms with Gasteiger partial charge in [0.15, 0.2) is 5.69 Å².